The van der Waals surface area contributed by atoms with Gasteiger partial charge >= 0.3 is 5.97 Å². The van der Waals surface area contributed by atoms with Crippen LogP contribution >= 0.6 is 0 Å². The molecular weight excluding hydrogens is 230 g/mol. The fourth-order valence-electron chi connectivity index (χ4n) is 1.61. The smallest absolute Gasteiger partial charge is 0.307 e. The number of nitrogens with zero attached hydrogens (tertiary/aromatic N) is 1. The molecule has 0 aromatic heterocycles. The van der Waals surface area contributed by atoms with E-state index in [4.69, 9.17) is 0 Å². The SMILES string of the molecule is CCN(CCC(=O)OC)C(=O)c1ccc(C)cc1. The average molecular weight is 249 g/mol. The minimum atomic E-state index is -0.301. The molecule has 0 aliphatic carbocycles. The van der Waals surface area contributed by atoms with Crippen LogP contribution in [0.3, 0.4) is 0 Å². The second kappa shape index (κ2) is 6.79. The van der Waals surface area contributed by atoms with Crippen LogP contribution < -0.4 is 0 Å². The lowest BCUT2D eigenvalue weighted by atomic mass is 10.1. The lowest BCUT2D eigenvalue weighted by molar-refractivity contribution is -0.140. The van der Waals surface area contributed by atoms with Gasteiger partial charge in [0.05, 0.1) is 13.5 Å². The first-order chi connectivity index (χ1) is 8.58. The number of carbonyl (C=O) groups excluding carboxylic acids is 2. The highest BCUT2D eigenvalue weighted by molar-refractivity contribution is 5.94. The van der Waals surface area contributed by atoms with Crippen molar-refractivity contribution in [2.45, 2.75) is 20.3 Å². The van der Waals surface area contributed by atoms with Gasteiger partial charge in [0.15, 0.2) is 0 Å². The Kier molecular flexibility index (Phi) is 5.36. The van der Waals surface area contributed by atoms with Gasteiger partial charge in [-0.2, -0.15) is 0 Å². The molecule has 1 rings (SSSR count). The number of methoxy groups -OCH3 is 1. The fraction of sp³-hybridized carbons (Fsp3) is 0.429. The van der Waals surface area contributed by atoms with Gasteiger partial charge in [-0.15, -0.1) is 0 Å². The van der Waals surface area contributed by atoms with Crippen molar-refractivity contribution < 1.29 is 14.3 Å². The Morgan fingerprint density at radius 2 is 1.83 bits per heavy atom. The molecule has 0 N–H and O–H groups in total. The summed E-state index contributed by atoms with van der Waals surface area (Å²) in [5.74, 6) is -0.355. The van der Waals surface area contributed by atoms with Crippen LogP contribution in [0.2, 0.25) is 0 Å². The highest BCUT2D eigenvalue weighted by atomic mass is 16.5. The van der Waals surface area contributed by atoms with Gasteiger partial charge in [0.2, 0.25) is 0 Å². The summed E-state index contributed by atoms with van der Waals surface area (Å²) in [7, 11) is 1.35. The highest BCUT2D eigenvalue weighted by Gasteiger charge is 2.15. The molecule has 0 bridgehead atoms. The summed E-state index contributed by atoms with van der Waals surface area (Å²) in [5.41, 5.74) is 1.76. The Balaban J connectivity index is 2.67. The molecule has 0 heterocycles. The molecule has 0 atom stereocenters. The number of esters is 1. The summed E-state index contributed by atoms with van der Waals surface area (Å²) in [6.07, 6.45) is 0.224. The van der Waals surface area contributed by atoms with Gasteiger partial charge in [-0.05, 0) is 26.0 Å². The van der Waals surface area contributed by atoms with Crippen LogP contribution in [0, 0.1) is 6.92 Å². The normalized spacial score (nSPS) is 9.94. The number of carbonyl (C=O) groups is 2. The van der Waals surface area contributed by atoms with Gasteiger partial charge in [-0.25, -0.2) is 0 Å². The third kappa shape index (κ3) is 3.87. The molecule has 0 aliphatic heterocycles. The van der Waals surface area contributed by atoms with Gasteiger partial charge in [-0.3, -0.25) is 9.59 Å². The topological polar surface area (TPSA) is 46.6 Å². The standard InChI is InChI=1S/C14H19NO3/c1-4-15(10-9-13(16)18-3)14(17)12-7-5-11(2)6-8-12/h5-8H,4,9-10H2,1-3H3. The Morgan fingerprint density at radius 3 is 2.33 bits per heavy atom. The van der Waals surface area contributed by atoms with Gasteiger partial charge in [-0.1, -0.05) is 17.7 Å². The number of hydrogen-bond donors (Lipinski definition) is 0. The van der Waals surface area contributed by atoms with Crippen LogP contribution in [0.4, 0.5) is 0 Å². The monoisotopic (exact) mass is 249 g/mol. The quantitative estimate of drug-likeness (QED) is 0.750. The molecule has 0 saturated carbocycles. The number of aryl methyl sites for hydroxylation is 1. The van der Waals surface area contributed by atoms with Crippen molar-refractivity contribution in [3.63, 3.8) is 0 Å². The third-order valence-electron chi connectivity index (χ3n) is 2.78. The lowest BCUT2D eigenvalue weighted by Gasteiger charge is -2.20. The Hall–Kier alpha value is -1.84. The van der Waals surface area contributed by atoms with Gasteiger partial charge in [0.1, 0.15) is 0 Å². The van der Waals surface area contributed by atoms with E-state index in [0.717, 1.165) is 5.56 Å². The first-order valence-electron chi connectivity index (χ1n) is 6.01. The molecular formula is C14H19NO3. The van der Waals surface area contributed by atoms with E-state index in [2.05, 4.69) is 4.74 Å². The van der Waals surface area contributed by atoms with Crippen molar-refractivity contribution in [2.24, 2.45) is 0 Å². The molecule has 1 amide bonds. The molecule has 1 aromatic carbocycles. The number of hydrogen-bond acceptors (Lipinski definition) is 3. The fourth-order valence-corrected chi connectivity index (χ4v) is 1.61. The van der Waals surface area contributed by atoms with Crippen molar-refractivity contribution in [1.82, 2.24) is 4.90 Å². The van der Waals surface area contributed by atoms with Crippen LogP contribution in [0.5, 0.6) is 0 Å². The van der Waals surface area contributed by atoms with Crippen LogP contribution in [-0.4, -0.2) is 37.0 Å². The predicted molar refractivity (Wildman–Crippen MR) is 69.4 cm³/mol. The van der Waals surface area contributed by atoms with Crippen molar-refractivity contribution in [3.8, 4) is 0 Å². The molecule has 4 nitrogen and oxygen atoms in total. The van der Waals surface area contributed by atoms with Crippen molar-refractivity contribution >= 4 is 11.9 Å². The maximum Gasteiger partial charge on any atom is 0.307 e. The molecule has 0 saturated heterocycles. The molecule has 4 heteroatoms. The average Bonchev–Trinajstić information content (AvgIpc) is 2.39. The Labute approximate surface area is 108 Å². The number of ether oxygens (including phenoxy) is 1. The molecule has 0 fully saturated rings. The second-order valence-corrected chi connectivity index (χ2v) is 4.08. The molecule has 98 valence electrons. The maximum atomic E-state index is 12.2. The third-order valence-corrected chi connectivity index (χ3v) is 2.78. The molecule has 0 unspecified atom stereocenters. The molecule has 1 aromatic rings. The van der Waals surface area contributed by atoms with Gasteiger partial charge < -0.3 is 9.64 Å². The predicted octanol–water partition coefficient (Wildman–Crippen LogP) is 2.02. The van der Waals surface area contributed by atoms with Crippen LogP contribution in [0.1, 0.15) is 29.3 Å². The zero-order chi connectivity index (χ0) is 13.5. The largest absolute Gasteiger partial charge is 0.469 e. The Morgan fingerprint density at radius 1 is 1.22 bits per heavy atom. The summed E-state index contributed by atoms with van der Waals surface area (Å²) in [6.45, 7) is 4.83. The van der Waals surface area contributed by atoms with E-state index in [1.165, 1.54) is 7.11 Å². The van der Waals surface area contributed by atoms with E-state index in [0.29, 0.717) is 18.7 Å². The Bertz CT molecular complexity index is 412. The van der Waals surface area contributed by atoms with E-state index in [1.54, 1.807) is 17.0 Å². The van der Waals surface area contributed by atoms with Crippen molar-refractivity contribution in [3.05, 3.63) is 35.4 Å². The maximum absolute atomic E-state index is 12.2. The molecule has 18 heavy (non-hydrogen) atoms. The van der Waals surface area contributed by atoms with Gasteiger partial charge in [0, 0.05) is 18.7 Å². The first kappa shape index (κ1) is 14.2. The van der Waals surface area contributed by atoms with E-state index in [1.807, 2.05) is 26.0 Å². The van der Waals surface area contributed by atoms with E-state index in [9.17, 15) is 9.59 Å². The summed E-state index contributed by atoms with van der Waals surface area (Å²) in [6, 6.07) is 7.42. The van der Waals surface area contributed by atoms with E-state index < -0.39 is 0 Å². The lowest BCUT2D eigenvalue weighted by Crippen LogP contribution is -2.33. The summed E-state index contributed by atoms with van der Waals surface area (Å²) >= 11 is 0. The first-order valence-corrected chi connectivity index (χ1v) is 6.01. The summed E-state index contributed by atoms with van der Waals surface area (Å²) < 4.78 is 4.57. The van der Waals surface area contributed by atoms with Crippen molar-refractivity contribution in [2.75, 3.05) is 20.2 Å². The minimum absolute atomic E-state index is 0.0543. The van der Waals surface area contributed by atoms with Gasteiger partial charge in [0.25, 0.3) is 5.91 Å². The second-order valence-electron chi connectivity index (χ2n) is 4.08. The molecule has 0 aliphatic rings. The minimum Gasteiger partial charge on any atom is -0.469 e. The zero-order valence-corrected chi connectivity index (χ0v) is 11.1. The summed E-state index contributed by atoms with van der Waals surface area (Å²) in [4.78, 5) is 24.9. The van der Waals surface area contributed by atoms with E-state index in [-0.39, 0.29) is 18.3 Å². The van der Waals surface area contributed by atoms with Crippen LogP contribution in [-0.2, 0) is 9.53 Å². The zero-order valence-electron chi connectivity index (χ0n) is 11.1. The highest BCUT2D eigenvalue weighted by Crippen LogP contribution is 2.07. The van der Waals surface area contributed by atoms with Crippen LogP contribution in [0.25, 0.3) is 0 Å². The summed E-state index contributed by atoms with van der Waals surface area (Å²) in [5, 5.41) is 0. The number of amides is 1. The molecule has 0 spiro atoms. The van der Waals surface area contributed by atoms with Crippen molar-refractivity contribution in [1.29, 1.82) is 0 Å². The van der Waals surface area contributed by atoms with E-state index >= 15 is 0 Å². The number of benzene rings is 1. The number of rotatable bonds is 5. The van der Waals surface area contributed by atoms with Crippen LogP contribution in [0.15, 0.2) is 24.3 Å². The molecule has 0 radical (unpaired) electrons.